The number of anilines is 1. The van der Waals surface area contributed by atoms with E-state index in [1.807, 2.05) is 6.92 Å². The van der Waals surface area contributed by atoms with Gasteiger partial charge in [0.2, 0.25) is 0 Å². The first-order valence-electron chi connectivity index (χ1n) is 6.79. The Kier molecular flexibility index (Phi) is 5.05. The fourth-order valence-electron chi connectivity index (χ4n) is 2.26. The molecule has 1 aliphatic rings. The Morgan fingerprint density at radius 2 is 2.29 bits per heavy atom. The molecule has 1 aliphatic heterocycles. The van der Waals surface area contributed by atoms with E-state index in [0.29, 0.717) is 30.9 Å². The van der Waals surface area contributed by atoms with Gasteiger partial charge in [-0.05, 0) is 25.3 Å². The molecule has 0 aliphatic carbocycles. The van der Waals surface area contributed by atoms with Crippen molar-refractivity contribution in [1.82, 2.24) is 10.3 Å². The first-order valence-corrected chi connectivity index (χ1v) is 8.99. The van der Waals surface area contributed by atoms with Crippen LogP contribution in [0.25, 0.3) is 0 Å². The van der Waals surface area contributed by atoms with E-state index in [-0.39, 0.29) is 28.4 Å². The normalized spacial score (nSPS) is 20.2. The lowest BCUT2D eigenvalue weighted by molar-refractivity contribution is 0.0948. The number of nitrogens with zero attached hydrogens (tertiary/aromatic N) is 1. The number of aromatic nitrogens is 1. The van der Waals surface area contributed by atoms with Gasteiger partial charge in [0, 0.05) is 19.3 Å². The molecule has 1 atom stereocenters. The summed E-state index contributed by atoms with van der Waals surface area (Å²) in [7, 11) is -2.93. The van der Waals surface area contributed by atoms with Gasteiger partial charge in [-0.15, -0.1) is 0 Å². The summed E-state index contributed by atoms with van der Waals surface area (Å²) in [4.78, 5) is 16.2. The van der Waals surface area contributed by atoms with Crippen LogP contribution in [0.4, 0.5) is 5.82 Å². The summed E-state index contributed by atoms with van der Waals surface area (Å²) >= 11 is 5.98. The van der Waals surface area contributed by atoms with Crippen LogP contribution in [0.1, 0.15) is 23.7 Å². The topological polar surface area (TPSA) is 88.2 Å². The van der Waals surface area contributed by atoms with E-state index in [0.717, 1.165) is 0 Å². The molecule has 1 aromatic rings. The molecule has 0 radical (unpaired) electrons. The number of hydrogen-bond acceptors (Lipinski definition) is 5. The Morgan fingerprint density at radius 1 is 1.52 bits per heavy atom. The van der Waals surface area contributed by atoms with Crippen LogP contribution in [0.2, 0.25) is 5.02 Å². The van der Waals surface area contributed by atoms with E-state index in [1.165, 1.54) is 6.20 Å². The molecule has 2 N–H and O–H groups in total. The number of sulfone groups is 1. The Balaban J connectivity index is 1.98. The highest BCUT2D eigenvalue weighted by Crippen LogP contribution is 2.20. The molecule has 0 saturated carbocycles. The summed E-state index contributed by atoms with van der Waals surface area (Å²) in [5.41, 5.74) is 0.337. The average molecular weight is 332 g/mol. The quantitative estimate of drug-likeness (QED) is 0.849. The number of nitrogens with one attached hydrogen (secondary N) is 2. The van der Waals surface area contributed by atoms with Crippen molar-refractivity contribution < 1.29 is 13.2 Å². The minimum Gasteiger partial charge on any atom is -0.370 e. The second-order valence-corrected chi connectivity index (χ2v) is 7.69. The van der Waals surface area contributed by atoms with E-state index >= 15 is 0 Å². The average Bonchev–Trinajstić information content (AvgIpc) is 2.78. The van der Waals surface area contributed by atoms with Crippen LogP contribution in [0.3, 0.4) is 0 Å². The standard InChI is InChI=1S/C13H18ClN3O3S/c1-2-15-12-5-10(11(14)7-16-12)13(18)17-6-9-3-4-21(19,20)8-9/h5,7,9H,2-4,6,8H2,1H3,(H,15,16)(H,17,18). The molecule has 2 heterocycles. The zero-order valence-electron chi connectivity index (χ0n) is 11.7. The molecule has 0 bridgehead atoms. The van der Waals surface area contributed by atoms with Crippen LogP contribution < -0.4 is 10.6 Å². The number of halogens is 1. The molecule has 8 heteroatoms. The lowest BCUT2D eigenvalue weighted by Gasteiger charge is -2.11. The molecule has 1 fully saturated rings. The Labute approximate surface area is 129 Å². The number of carbonyl (C=O) groups excluding carboxylic acids is 1. The van der Waals surface area contributed by atoms with E-state index in [1.54, 1.807) is 6.07 Å². The lowest BCUT2D eigenvalue weighted by Crippen LogP contribution is -2.30. The van der Waals surface area contributed by atoms with Gasteiger partial charge in [-0.3, -0.25) is 4.79 Å². The van der Waals surface area contributed by atoms with E-state index in [9.17, 15) is 13.2 Å². The summed E-state index contributed by atoms with van der Waals surface area (Å²) in [5, 5.41) is 6.03. The number of amides is 1. The van der Waals surface area contributed by atoms with Gasteiger partial charge < -0.3 is 10.6 Å². The predicted molar refractivity (Wildman–Crippen MR) is 82.5 cm³/mol. The summed E-state index contributed by atoms with van der Waals surface area (Å²) in [6.07, 6.45) is 2.02. The van der Waals surface area contributed by atoms with Gasteiger partial charge in [0.15, 0.2) is 9.84 Å². The number of carbonyl (C=O) groups is 1. The van der Waals surface area contributed by atoms with Crippen molar-refractivity contribution in [2.24, 2.45) is 5.92 Å². The van der Waals surface area contributed by atoms with Gasteiger partial charge in [0.25, 0.3) is 5.91 Å². The van der Waals surface area contributed by atoms with E-state index < -0.39 is 9.84 Å². The van der Waals surface area contributed by atoms with Crippen LogP contribution in [-0.2, 0) is 9.84 Å². The van der Waals surface area contributed by atoms with Crippen molar-refractivity contribution in [3.63, 3.8) is 0 Å². The van der Waals surface area contributed by atoms with Crippen molar-refractivity contribution >= 4 is 33.2 Å². The molecular weight excluding hydrogens is 314 g/mol. The molecule has 21 heavy (non-hydrogen) atoms. The largest absolute Gasteiger partial charge is 0.370 e. The van der Waals surface area contributed by atoms with Crippen LogP contribution >= 0.6 is 11.6 Å². The zero-order chi connectivity index (χ0) is 15.5. The van der Waals surface area contributed by atoms with Crippen molar-refractivity contribution in [1.29, 1.82) is 0 Å². The highest BCUT2D eigenvalue weighted by molar-refractivity contribution is 7.91. The minimum atomic E-state index is -2.93. The van der Waals surface area contributed by atoms with Crippen LogP contribution in [-0.4, -0.2) is 43.9 Å². The molecule has 6 nitrogen and oxygen atoms in total. The number of hydrogen-bond donors (Lipinski definition) is 2. The molecule has 0 spiro atoms. The molecule has 1 amide bonds. The predicted octanol–water partition coefficient (Wildman–Crippen LogP) is 1.33. The first kappa shape index (κ1) is 16.0. The smallest absolute Gasteiger partial charge is 0.253 e. The Bertz CT molecular complexity index is 634. The second-order valence-electron chi connectivity index (χ2n) is 5.06. The van der Waals surface area contributed by atoms with Crippen molar-refractivity contribution in [2.45, 2.75) is 13.3 Å². The SMILES string of the molecule is CCNc1cc(C(=O)NCC2CCS(=O)(=O)C2)c(Cl)cn1. The van der Waals surface area contributed by atoms with E-state index in [4.69, 9.17) is 11.6 Å². The summed E-state index contributed by atoms with van der Waals surface area (Å²) in [5.74, 6) is 0.586. The van der Waals surface area contributed by atoms with Gasteiger partial charge in [-0.25, -0.2) is 13.4 Å². The molecule has 116 valence electrons. The number of rotatable bonds is 5. The van der Waals surface area contributed by atoms with Crippen molar-refractivity contribution in [2.75, 3.05) is 29.9 Å². The van der Waals surface area contributed by atoms with E-state index in [2.05, 4.69) is 15.6 Å². The molecule has 1 unspecified atom stereocenters. The minimum absolute atomic E-state index is 0.0206. The zero-order valence-corrected chi connectivity index (χ0v) is 13.3. The van der Waals surface area contributed by atoms with Gasteiger partial charge >= 0.3 is 0 Å². The Hall–Kier alpha value is -1.34. The molecule has 1 saturated heterocycles. The number of pyridine rings is 1. The third kappa shape index (κ3) is 4.31. The van der Waals surface area contributed by atoms with Crippen molar-refractivity contribution in [3.05, 3.63) is 22.8 Å². The third-order valence-electron chi connectivity index (χ3n) is 3.34. The Morgan fingerprint density at radius 3 is 2.90 bits per heavy atom. The maximum atomic E-state index is 12.1. The van der Waals surface area contributed by atoms with Gasteiger partial charge in [-0.1, -0.05) is 11.6 Å². The van der Waals surface area contributed by atoms with Crippen molar-refractivity contribution in [3.8, 4) is 0 Å². The molecular formula is C13H18ClN3O3S. The van der Waals surface area contributed by atoms with Crippen LogP contribution in [0.5, 0.6) is 0 Å². The fourth-order valence-corrected chi connectivity index (χ4v) is 4.31. The van der Waals surface area contributed by atoms with Gasteiger partial charge in [0.05, 0.1) is 22.1 Å². The lowest BCUT2D eigenvalue weighted by atomic mass is 10.1. The maximum Gasteiger partial charge on any atom is 0.253 e. The highest BCUT2D eigenvalue weighted by Gasteiger charge is 2.28. The van der Waals surface area contributed by atoms with Crippen LogP contribution in [0, 0.1) is 5.92 Å². The van der Waals surface area contributed by atoms with Gasteiger partial charge in [-0.2, -0.15) is 0 Å². The fraction of sp³-hybridized carbons (Fsp3) is 0.538. The summed E-state index contributed by atoms with van der Waals surface area (Å²) in [6, 6.07) is 1.59. The molecule has 1 aromatic heterocycles. The first-order chi connectivity index (χ1) is 9.91. The van der Waals surface area contributed by atoms with Gasteiger partial charge in [0.1, 0.15) is 5.82 Å². The summed E-state index contributed by atoms with van der Waals surface area (Å²) < 4.78 is 22.8. The van der Waals surface area contributed by atoms with Crippen LogP contribution in [0.15, 0.2) is 12.3 Å². The molecule has 0 aromatic carbocycles. The second kappa shape index (κ2) is 6.62. The molecule has 2 rings (SSSR count). The highest BCUT2D eigenvalue weighted by atomic mass is 35.5. The summed E-state index contributed by atoms with van der Waals surface area (Å²) in [6.45, 7) is 2.96. The monoisotopic (exact) mass is 331 g/mol. The third-order valence-corrected chi connectivity index (χ3v) is 5.47. The maximum absolute atomic E-state index is 12.1.